The first kappa shape index (κ1) is 23.0. The van der Waals surface area contributed by atoms with Crippen molar-refractivity contribution in [1.29, 1.82) is 0 Å². The number of aryl methyl sites for hydroxylation is 1. The molecule has 8 heteroatoms. The summed E-state index contributed by atoms with van der Waals surface area (Å²) in [7, 11) is 0. The Morgan fingerprint density at radius 2 is 1.83 bits per heavy atom. The number of para-hydroxylation sites is 1. The number of fused-ring (bicyclic) bond motifs is 1. The number of rotatable bonds is 6. The van der Waals surface area contributed by atoms with Crippen molar-refractivity contribution in [3.05, 3.63) is 82.9 Å². The summed E-state index contributed by atoms with van der Waals surface area (Å²) in [4.78, 5) is 30.6. The van der Waals surface area contributed by atoms with Crippen molar-refractivity contribution in [1.82, 2.24) is 10.3 Å². The predicted molar refractivity (Wildman–Crippen MR) is 138 cm³/mol. The Bertz CT molecular complexity index is 1400. The van der Waals surface area contributed by atoms with E-state index in [0.717, 1.165) is 21.3 Å². The molecular weight excluding hydrogens is 463 g/mol. The third kappa shape index (κ3) is 5.02. The number of carbonyl (C=O) groups excluding carboxylic acids is 2. The molecule has 3 N–H and O–H groups in total. The lowest BCUT2D eigenvalue weighted by Gasteiger charge is -2.16. The van der Waals surface area contributed by atoms with E-state index in [4.69, 9.17) is 0 Å². The average Bonchev–Trinajstić information content (AvgIpc) is 3.47. The number of carbonyl (C=O) groups is 2. The van der Waals surface area contributed by atoms with Gasteiger partial charge in [0.1, 0.15) is 6.17 Å². The van der Waals surface area contributed by atoms with Gasteiger partial charge in [-0.3, -0.25) is 9.59 Å². The van der Waals surface area contributed by atoms with E-state index in [1.54, 1.807) is 6.07 Å². The maximum absolute atomic E-state index is 13.6. The van der Waals surface area contributed by atoms with Crippen LogP contribution in [0.2, 0.25) is 0 Å². The second-order valence-electron chi connectivity index (χ2n) is 8.74. The smallest absolute Gasteiger partial charge is 0.257 e. The van der Waals surface area contributed by atoms with Gasteiger partial charge in [0.15, 0.2) is 5.82 Å². The highest BCUT2D eigenvalue weighted by atomic mass is 32.1. The summed E-state index contributed by atoms with van der Waals surface area (Å²) < 4.78 is 14.6. The van der Waals surface area contributed by atoms with E-state index in [0.29, 0.717) is 41.9 Å². The molecule has 1 saturated carbocycles. The number of nitrogens with zero attached hydrogens (tertiary/aromatic N) is 1. The van der Waals surface area contributed by atoms with E-state index in [9.17, 15) is 14.0 Å². The van der Waals surface area contributed by atoms with Crippen molar-refractivity contribution in [2.75, 3.05) is 10.6 Å². The molecule has 2 atom stereocenters. The molecule has 0 spiro atoms. The number of benzene rings is 2. The minimum atomic E-state index is -0.880. The number of pyridine rings is 1. The molecule has 2 heterocycles. The minimum Gasteiger partial charge on any atom is -0.349 e. The first-order chi connectivity index (χ1) is 17.0. The Morgan fingerprint density at radius 3 is 2.63 bits per heavy atom. The molecule has 1 aliphatic rings. The molecule has 2 aromatic heterocycles. The molecule has 5 rings (SSSR count). The van der Waals surface area contributed by atoms with Crippen LogP contribution in [0.5, 0.6) is 0 Å². The first-order valence-corrected chi connectivity index (χ1v) is 12.4. The lowest BCUT2D eigenvalue weighted by atomic mass is 10.1. The first-order valence-electron chi connectivity index (χ1n) is 11.5. The molecule has 6 nitrogen and oxygen atoms in total. The van der Waals surface area contributed by atoms with E-state index >= 15 is 0 Å². The number of halogens is 1. The number of thiophene rings is 1. The van der Waals surface area contributed by atoms with Gasteiger partial charge in [-0.25, -0.2) is 9.37 Å². The van der Waals surface area contributed by atoms with Crippen LogP contribution < -0.4 is 16.0 Å². The lowest BCUT2D eigenvalue weighted by Crippen LogP contribution is -2.33. The summed E-state index contributed by atoms with van der Waals surface area (Å²) in [5, 5.41) is 11.8. The van der Waals surface area contributed by atoms with Crippen LogP contribution in [-0.2, 0) is 0 Å². The monoisotopic (exact) mass is 488 g/mol. The van der Waals surface area contributed by atoms with Gasteiger partial charge >= 0.3 is 0 Å². The van der Waals surface area contributed by atoms with Gasteiger partial charge in [0.2, 0.25) is 0 Å². The highest BCUT2D eigenvalue weighted by molar-refractivity contribution is 7.17. The van der Waals surface area contributed by atoms with E-state index < -0.39 is 6.17 Å². The third-order valence-corrected chi connectivity index (χ3v) is 7.19. The average molecular weight is 489 g/mol. The number of aromatic nitrogens is 1. The summed E-state index contributed by atoms with van der Waals surface area (Å²) in [6.45, 7) is 1.97. The number of hydrogen-bond acceptors (Lipinski definition) is 5. The molecule has 1 aliphatic carbocycles. The number of nitrogens with one attached hydrogen (secondary N) is 3. The van der Waals surface area contributed by atoms with Crippen molar-refractivity contribution in [2.24, 2.45) is 0 Å². The van der Waals surface area contributed by atoms with Crippen LogP contribution in [0.4, 0.5) is 21.6 Å². The number of hydrogen-bond donors (Lipinski definition) is 3. The van der Waals surface area contributed by atoms with Crippen molar-refractivity contribution < 1.29 is 14.0 Å². The van der Waals surface area contributed by atoms with Gasteiger partial charge in [-0.05, 0) is 49.9 Å². The normalized spacial score (nSPS) is 17.3. The second-order valence-corrected chi connectivity index (χ2v) is 9.65. The van der Waals surface area contributed by atoms with Crippen LogP contribution in [0.1, 0.15) is 45.5 Å². The SMILES string of the molecule is Cc1ccccc1Nc1ncc(C(=O)NC2CCC(F)C2)cc1NC(=O)c1csc2ccccc12. The van der Waals surface area contributed by atoms with Crippen LogP contribution in [0.25, 0.3) is 10.1 Å². The molecule has 35 heavy (non-hydrogen) atoms. The molecule has 178 valence electrons. The number of anilines is 3. The fourth-order valence-corrected chi connectivity index (χ4v) is 5.24. The summed E-state index contributed by atoms with van der Waals surface area (Å²) in [5.41, 5.74) is 3.10. The van der Waals surface area contributed by atoms with Crippen molar-refractivity contribution >= 4 is 50.4 Å². The zero-order chi connectivity index (χ0) is 24.4. The third-order valence-electron chi connectivity index (χ3n) is 6.23. The largest absolute Gasteiger partial charge is 0.349 e. The molecule has 2 unspecified atom stereocenters. The highest BCUT2D eigenvalue weighted by Crippen LogP contribution is 2.30. The van der Waals surface area contributed by atoms with E-state index in [-0.39, 0.29) is 17.9 Å². The predicted octanol–water partition coefficient (Wildman–Crippen LogP) is 6.22. The van der Waals surface area contributed by atoms with Crippen molar-refractivity contribution in [2.45, 2.75) is 38.4 Å². The standard InChI is InChI=1S/C27H25FN4O2S/c1-16-6-2-4-8-22(16)31-25-23(32-27(34)21-15-35-24-9-5-3-7-20(21)24)12-17(14-29-25)26(33)30-19-11-10-18(28)13-19/h2-9,12,14-15,18-19H,10-11,13H2,1H3,(H,29,31)(H,30,33)(H,32,34). The molecule has 0 bridgehead atoms. The van der Waals surface area contributed by atoms with Gasteiger partial charge in [0.25, 0.3) is 11.8 Å². The maximum atomic E-state index is 13.6. The Labute approximate surface area is 206 Å². The Morgan fingerprint density at radius 1 is 1.03 bits per heavy atom. The lowest BCUT2D eigenvalue weighted by molar-refractivity contribution is 0.0935. The van der Waals surface area contributed by atoms with E-state index in [1.165, 1.54) is 17.5 Å². The topological polar surface area (TPSA) is 83.1 Å². The van der Waals surface area contributed by atoms with Crippen molar-refractivity contribution in [3.63, 3.8) is 0 Å². The summed E-state index contributed by atoms with van der Waals surface area (Å²) in [5.74, 6) is -0.199. The summed E-state index contributed by atoms with van der Waals surface area (Å²) >= 11 is 1.50. The van der Waals surface area contributed by atoms with E-state index in [2.05, 4.69) is 20.9 Å². The van der Waals surface area contributed by atoms with Crippen LogP contribution in [0.3, 0.4) is 0 Å². The number of alkyl halides is 1. The van der Waals surface area contributed by atoms with Crippen LogP contribution in [0, 0.1) is 6.92 Å². The van der Waals surface area contributed by atoms with Crippen LogP contribution in [-0.4, -0.2) is 29.0 Å². The maximum Gasteiger partial charge on any atom is 0.257 e. The Hall–Kier alpha value is -3.78. The van der Waals surface area contributed by atoms with Gasteiger partial charge in [-0.1, -0.05) is 36.4 Å². The second kappa shape index (κ2) is 9.84. The van der Waals surface area contributed by atoms with Gasteiger partial charge in [0.05, 0.1) is 16.8 Å². The highest BCUT2D eigenvalue weighted by Gasteiger charge is 2.26. The molecular formula is C27H25FN4O2S. The van der Waals surface area contributed by atoms with Gasteiger partial charge in [-0.15, -0.1) is 11.3 Å². The molecule has 0 radical (unpaired) electrons. The Balaban J connectivity index is 1.45. The summed E-state index contributed by atoms with van der Waals surface area (Å²) in [6, 6.07) is 16.9. The van der Waals surface area contributed by atoms with Gasteiger partial charge in [-0.2, -0.15) is 0 Å². The quantitative estimate of drug-likeness (QED) is 0.301. The molecule has 2 amide bonds. The number of amides is 2. The zero-order valence-electron chi connectivity index (χ0n) is 19.2. The molecule has 2 aromatic carbocycles. The van der Waals surface area contributed by atoms with Gasteiger partial charge in [0, 0.05) is 33.4 Å². The van der Waals surface area contributed by atoms with Crippen LogP contribution >= 0.6 is 11.3 Å². The van der Waals surface area contributed by atoms with Gasteiger partial charge < -0.3 is 16.0 Å². The van der Waals surface area contributed by atoms with Crippen molar-refractivity contribution in [3.8, 4) is 0 Å². The summed E-state index contributed by atoms with van der Waals surface area (Å²) in [6.07, 6.45) is 1.98. The van der Waals surface area contributed by atoms with E-state index in [1.807, 2.05) is 60.8 Å². The fourth-order valence-electron chi connectivity index (χ4n) is 4.29. The fraction of sp³-hybridized carbons (Fsp3) is 0.222. The minimum absolute atomic E-state index is 0.197. The molecule has 1 fully saturated rings. The Kier molecular flexibility index (Phi) is 6.46. The molecule has 4 aromatic rings. The molecule has 0 aliphatic heterocycles. The zero-order valence-corrected chi connectivity index (χ0v) is 20.0. The van der Waals surface area contributed by atoms with Crippen LogP contribution in [0.15, 0.2) is 66.2 Å². The molecule has 0 saturated heterocycles.